The summed E-state index contributed by atoms with van der Waals surface area (Å²) in [6.07, 6.45) is 5.08. The number of nitrogens with zero attached hydrogens (tertiary/aromatic N) is 1. The second-order valence-electron chi connectivity index (χ2n) is 6.07. The molecule has 0 saturated heterocycles. The van der Waals surface area contributed by atoms with Crippen LogP contribution in [-0.2, 0) is 0 Å². The Hall–Kier alpha value is -3.39. The molecule has 0 amide bonds. The van der Waals surface area contributed by atoms with Crippen LogP contribution >= 0.6 is 0 Å². The van der Waals surface area contributed by atoms with Gasteiger partial charge in [-0.15, -0.1) is 0 Å². The lowest BCUT2D eigenvalue weighted by Gasteiger charge is -2.25. The predicted molar refractivity (Wildman–Crippen MR) is 114 cm³/mol. The normalized spacial score (nSPS) is 10.8. The first-order valence-electron chi connectivity index (χ1n) is 8.54. The fourth-order valence-electron chi connectivity index (χ4n) is 3.02. The van der Waals surface area contributed by atoms with Crippen molar-refractivity contribution in [3.05, 3.63) is 103 Å². The van der Waals surface area contributed by atoms with Crippen LogP contribution in [0.25, 0.3) is 21.9 Å². The molecule has 2 heteroatoms. The summed E-state index contributed by atoms with van der Waals surface area (Å²) in [5.41, 5.74) is 4.62. The maximum absolute atomic E-state index is 7.54. The van der Waals surface area contributed by atoms with Crippen LogP contribution in [0.15, 0.2) is 103 Å². The van der Waals surface area contributed by atoms with Crippen LogP contribution in [0, 0.1) is 5.41 Å². The summed E-state index contributed by atoms with van der Waals surface area (Å²) in [6, 6.07) is 23.1. The monoisotopic (exact) mass is 338 g/mol. The third-order valence-electron chi connectivity index (χ3n) is 4.31. The molecule has 0 radical (unpaired) electrons. The van der Waals surface area contributed by atoms with Gasteiger partial charge in [-0.1, -0.05) is 67.8 Å². The van der Waals surface area contributed by atoms with E-state index in [9.17, 15) is 0 Å². The van der Waals surface area contributed by atoms with Gasteiger partial charge >= 0.3 is 0 Å². The number of hydrogen-bond acceptors (Lipinski definition) is 2. The first kappa shape index (κ1) is 17.4. The summed E-state index contributed by atoms with van der Waals surface area (Å²) >= 11 is 0. The Morgan fingerprint density at radius 1 is 0.846 bits per heavy atom. The summed E-state index contributed by atoms with van der Waals surface area (Å²) in [5, 5.41) is 10.0. The maximum Gasteiger partial charge on any atom is 0.0565 e. The van der Waals surface area contributed by atoms with Gasteiger partial charge in [-0.3, -0.25) is 0 Å². The highest BCUT2D eigenvalue weighted by Crippen LogP contribution is 2.29. The highest BCUT2D eigenvalue weighted by atomic mass is 15.1. The van der Waals surface area contributed by atoms with Crippen molar-refractivity contribution < 1.29 is 0 Å². The third-order valence-corrected chi connectivity index (χ3v) is 4.31. The largest absolute Gasteiger partial charge is 0.310 e. The molecule has 1 N–H and O–H groups in total. The van der Waals surface area contributed by atoms with Crippen molar-refractivity contribution in [1.29, 1.82) is 5.41 Å². The number of rotatable bonds is 6. The number of allylic oxidation sites excluding steroid dienone is 3. The molecule has 0 aliphatic rings. The minimum absolute atomic E-state index is 0.576. The Morgan fingerprint density at radius 3 is 2.15 bits per heavy atom. The van der Waals surface area contributed by atoms with Crippen LogP contribution < -0.4 is 4.90 Å². The van der Waals surface area contributed by atoms with Gasteiger partial charge in [-0.25, -0.2) is 0 Å². The van der Waals surface area contributed by atoms with Gasteiger partial charge in [-0.05, 0) is 53.1 Å². The fraction of sp³-hybridized carbons (Fsp3) is 0.0417. The van der Waals surface area contributed by atoms with E-state index in [1.54, 1.807) is 0 Å². The van der Waals surface area contributed by atoms with Gasteiger partial charge in [0.05, 0.1) is 5.70 Å². The Morgan fingerprint density at radius 2 is 1.50 bits per heavy atom. The van der Waals surface area contributed by atoms with Gasteiger partial charge < -0.3 is 10.3 Å². The van der Waals surface area contributed by atoms with Crippen LogP contribution in [0.2, 0.25) is 0 Å². The summed E-state index contributed by atoms with van der Waals surface area (Å²) in [7, 11) is 0. The summed E-state index contributed by atoms with van der Waals surface area (Å²) in [5.74, 6) is 0. The van der Waals surface area contributed by atoms with Crippen molar-refractivity contribution in [1.82, 2.24) is 0 Å². The second kappa shape index (κ2) is 7.66. The highest BCUT2D eigenvalue weighted by Gasteiger charge is 2.11. The van der Waals surface area contributed by atoms with E-state index >= 15 is 0 Å². The average molecular weight is 338 g/mol. The summed E-state index contributed by atoms with van der Waals surface area (Å²) < 4.78 is 0. The zero-order valence-corrected chi connectivity index (χ0v) is 14.9. The van der Waals surface area contributed by atoms with Crippen molar-refractivity contribution in [2.24, 2.45) is 0 Å². The lowest BCUT2D eigenvalue weighted by molar-refractivity contribution is 1.18. The third kappa shape index (κ3) is 3.50. The van der Waals surface area contributed by atoms with Crippen molar-refractivity contribution in [2.75, 3.05) is 4.90 Å². The number of fused-ring (bicyclic) bond motifs is 1. The van der Waals surface area contributed by atoms with E-state index in [1.807, 2.05) is 36.1 Å². The van der Waals surface area contributed by atoms with E-state index in [-0.39, 0.29) is 0 Å². The van der Waals surface area contributed by atoms with Gasteiger partial charge in [0.1, 0.15) is 0 Å². The Balaban J connectivity index is 1.96. The summed E-state index contributed by atoms with van der Waals surface area (Å²) in [4.78, 5) is 1.87. The lowest BCUT2D eigenvalue weighted by atomic mass is 10.0. The summed E-state index contributed by atoms with van der Waals surface area (Å²) in [6.45, 7) is 9.98. The first-order chi connectivity index (χ1) is 12.6. The molecular weight excluding hydrogens is 316 g/mol. The molecule has 0 atom stereocenters. The lowest BCUT2D eigenvalue weighted by Crippen LogP contribution is -2.20. The molecule has 0 bridgehead atoms. The minimum atomic E-state index is 0.576. The van der Waals surface area contributed by atoms with Gasteiger partial charge in [0.25, 0.3) is 0 Å². The van der Waals surface area contributed by atoms with E-state index in [0.717, 1.165) is 16.9 Å². The topological polar surface area (TPSA) is 27.1 Å². The van der Waals surface area contributed by atoms with E-state index in [2.05, 4.69) is 67.8 Å². The van der Waals surface area contributed by atoms with E-state index in [1.165, 1.54) is 22.6 Å². The van der Waals surface area contributed by atoms with Crippen molar-refractivity contribution >= 4 is 22.7 Å². The highest BCUT2D eigenvalue weighted by molar-refractivity contribution is 5.88. The average Bonchev–Trinajstić information content (AvgIpc) is 2.68. The van der Waals surface area contributed by atoms with Crippen LogP contribution in [0.1, 0.15) is 6.92 Å². The molecule has 0 heterocycles. The van der Waals surface area contributed by atoms with Gasteiger partial charge in [0.15, 0.2) is 0 Å². The van der Waals surface area contributed by atoms with Crippen molar-refractivity contribution in [3.8, 4) is 11.1 Å². The number of hydrogen-bond donors (Lipinski definition) is 1. The van der Waals surface area contributed by atoms with Crippen LogP contribution in [0.4, 0.5) is 5.69 Å². The zero-order chi connectivity index (χ0) is 18.5. The predicted octanol–water partition coefficient (Wildman–Crippen LogP) is 6.57. The quantitative estimate of drug-likeness (QED) is 0.399. The van der Waals surface area contributed by atoms with E-state index < -0.39 is 0 Å². The van der Waals surface area contributed by atoms with Gasteiger partial charge in [-0.2, -0.15) is 0 Å². The smallest absolute Gasteiger partial charge is 0.0565 e. The number of benzene rings is 3. The molecular formula is C24H22N2. The molecule has 0 aliphatic carbocycles. The van der Waals surface area contributed by atoms with Gasteiger partial charge in [0, 0.05) is 17.6 Å². The molecule has 3 aromatic rings. The Bertz CT molecular complexity index is 994. The Kier molecular flexibility index (Phi) is 5.14. The molecule has 0 aromatic heterocycles. The van der Waals surface area contributed by atoms with E-state index in [0.29, 0.717) is 5.70 Å². The molecule has 26 heavy (non-hydrogen) atoms. The maximum atomic E-state index is 7.54. The zero-order valence-electron chi connectivity index (χ0n) is 14.9. The SMILES string of the molecule is C=C(C=N)N(C(=C)/C=C\C)c1ccc(-c2ccc3ccccc3c2)cc1. The molecule has 2 nitrogen and oxygen atoms in total. The molecule has 128 valence electrons. The van der Waals surface area contributed by atoms with E-state index in [4.69, 9.17) is 5.41 Å². The standard InChI is InChI=1S/C24H22N2/c1-4-7-18(2)26(19(3)17-25)24-14-12-21(13-15-24)23-11-10-20-8-5-6-9-22(20)16-23/h4-17,25H,2-3H2,1H3/b7-4-,25-17?. The second-order valence-corrected chi connectivity index (χ2v) is 6.07. The number of nitrogens with one attached hydrogen (secondary N) is 1. The van der Waals surface area contributed by atoms with Crippen molar-refractivity contribution in [3.63, 3.8) is 0 Å². The number of anilines is 1. The van der Waals surface area contributed by atoms with Crippen LogP contribution in [0.5, 0.6) is 0 Å². The molecule has 0 fully saturated rings. The van der Waals surface area contributed by atoms with Crippen molar-refractivity contribution in [2.45, 2.75) is 6.92 Å². The van der Waals surface area contributed by atoms with Gasteiger partial charge in [0.2, 0.25) is 0 Å². The molecule has 0 unspecified atom stereocenters. The molecule has 0 aliphatic heterocycles. The minimum Gasteiger partial charge on any atom is -0.310 e. The fourth-order valence-corrected chi connectivity index (χ4v) is 3.02. The first-order valence-corrected chi connectivity index (χ1v) is 8.54. The molecule has 3 aromatic carbocycles. The Labute approximate surface area is 154 Å². The molecule has 0 saturated carbocycles. The molecule has 0 spiro atoms. The van der Waals surface area contributed by atoms with Crippen LogP contribution in [-0.4, -0.2) is 6.21 Å². The van der Waals surface area contributed by atoms with Crippen LogP contribution in [0.3, 0.4) is 0 Å². The molecule has 3 rings (SSSR count).